The topological polar surface area (TPSA) is 112 Å². The summed E-state index contributed by atoms with van der Waals surface area (Å²) in [6.45, 7) is 5.34. The van der Waals surface area contributed by atoms with Gasteiger partial charge in [-0.25, -0.2) is 0 Å². The molecule has 1 atom stereocenters. The van der Waals surface area contributed by atoms with Crippen LogP contribution in [0.3, 0.4) is 0 Å². The molecule has 1 heterocycles. The summed E-state index contributed by atoms with van der Waals surface area (Å²) in [5.74, 6) is -1.63. The molecule has 0 spiro atoms. The summed E-state index contributed by atoms with van der Waals surface area (Å²) in [4.78, 5) is 40.4. The highest BCUT2D eigenvalue weighted by molar-refractivity contribution is 5.96. The summed E-state index contributed by atoms with van der Waals surface area (Å²) >= 11 is 0. The highest BCUT2D eigenvalue weighted by Crippen LogP contribution is 2.37. The number of halogens is 3. The lowest BCUT2D eigenvalue weighted by atomic mass is 9.74. The molecule has 1 saturated heterocycles. The predicted octanol–water partition coefficient (Wildman–Crippen LogP) is 3.15. The molecule has 8 nitrogen and oxygen atoms in total. The highest BCUT2D eigenvalue weighted by atomic mass is 19.4. The van der Waals surface area contributed by atoms with E-state index in [-0.39, 0.29) is 29.5 Å². The number of nitrogens with zero attached hydrogens (tertiary/aromatic N) is 2. The van der Waals surface area contributed by atoms with E-state index in [0.29, 0.717) is 32.2 Å². The van der Waals surface area contributed by atoms with Gasteiger partial charge in [0.2, 0.25) is 17.7 Å². The molecule has 0 bridgehead atoms. The van der Waals surface area contributed by atoms with E-state index in [1.807, 2.05) is 0 Å². The van der Waals surface area contributed by atoms with Crippen LogP contribution >= 0.6 is 0 Å². The number of rotatable bonds is 6. The van der Waals surface area contributed by atoms with Crippen LogP contribution in [-0.4, -0.2) is 47.1 Å². The van der Waals surface area contributed by atoms with Crippen molar-refractivity contribution in [3.63, 3.8) is 0 Å². The molecule has 1 aliphatic carbocycles. The number of likely N-dealkylation sites (tertiary alicyclic amines) is 1. The summed E-state index contributed by atoms with van der Waals surface area (Å²) in [7, 11) is 0. The minimum atomic E-state index is -4.96. The number of amides is 3. The molecule has 0 radical (unpaired) electrons. The van der Waals surface area contributed by atoms with Gasteiger partial charge in [0.15, 0.2) is 0 Å². The van der Waals surface area contributed by atoms with Crippen LogP contribution in [0.2, 0.25) is 0 Å². The number of benzene rings is 1. The lowest BCUT2D eigenvalue weighted by molar-refractivity contribution is -0.274. The van der Waals surface area contributed by atoms with Gasteiger partial charge in [-0.2, -0.15) is 5.26 Å². The Bertz CT molecular complexity index is 1040. The van der Waals surface area contributed by atoms with Crippen LogP contribution in [0, 0.1) is 16.7 Å². The number of hydrogen-bond acceptors (Lipinski definition) is 5. The quantitative estimate of drug-likeness (QED) is 0.631. The normalized spacial score (nSPS) is 19.3. The predicted molar refractivity (Wildman–Crippen MR) is 119 cm³/mol. The Morgan fingerprint density at radius 3 is 2.43 bits per heavy atom. The molecule has 1 aromatic rings. The Balaban J connectivity index is 1.71. The van der Waals surface area contributed by atoms with Gasteiger partial charge in [0.25, 0.3) is 0 Å². The van der Waals surface area contributed by atoms with Gasteiger partial charge in [0.1, 0.15) is 17.3 Å². The monoisotopic (exact) mass is 494 g/mol. The number of nitrogens with one attached hydrogen (secondary N) is 2. The fourth-order valence-electron chi connectivity index (χ4n) is 4.17. The molecule has 190 valence electrons. The number of carbonyl (C=O) groups excluding carboxylic acids is 3. The number of ether oxygens (including phenoxy) is 1. The van der Waals surface area contributed by atoms with Gasteiger partial charge in [-0.1, -0.05) is 26.8 Å². The second-order valence-corrected chi connectivity index (χ2v) is 10.00. The number of hydrogen-bond donors (Lipinski definition) is 2. The van der Waals surface area contributed by atoms with Crippen LogP contribution in [-0.2, 0) is 20.9 Å². The first-order valence-electron chi connectivity index (χ1n) is 11.5. The zero-order chi connectivity index (χ0) is 26.0. The first kappa shape index (κ1) is 26.3. The van der Waals surface area contributed by atoms with E-state index in [1.165, 1.54) is 17.0 Å². The minimum absolute atomic E-state index is 0.0185. The van der Waals surface area contributed by atoms with E-state index in [0.717, 1.165) is 12.5 Å². The summed E-state index contributed by atoms with van der Waals surface area (Å²) in [6.07, 6.45) is -2.21. The highest BCUT2D eigenvalue weighted by Gasteiger charge is 2.51. The molecule has 1 saturated carbocycles. The second-order valence-electron chi connectivity index (χ2n) is 10.00. The first-order valence-corrected chi connectivity index (χ1v) is 11.5. The summed E-state index contributed by atoms with van der Waals surface area (Å²) < 4.78 is 42.4. The van der Waals surface area contributed by atoms with E-state index in [2.05, 4.69) is 15.4 Å². The Kier molecular flexibility index (Phi) is 7.34. The smallest absolute Gasteiger partial charge is 0.405 e. The van der Waals surface area contributed by atoms with Crippen LogP contribution in [0.25, 0.3) is 0 Å². The van der Waals surface area contributed by atoms with Gasteiger partial charge >= 0.3 is 6.36 Å². The van der Waals surface area contributed by atoms with Crippen LogP contribution in [0.1, 0.15) is 64.0 Å². The molecular weight excluding hydrogens is 465 g/mol. The SMILES string of the molecule is CC(C)(C)C(=O)NC1(C(=O)N2CCC[C@H]2C(=O)NCc2ccc(C#N)cc2OC(F)(F)F)CCC1. The van der Waals surface area contributed by atoms with E-state index in [1.54, 1.807) is 26.8 Å². The summed E-state index contributed by atoms with van der Waals surface area (Å²) in [5, 5.41) is 14.4. The maximum absolute atomic E-state index is 13.4. The van der Waals surface area contributed by atoms with Crippen molar-refractivity contribution in [2.75, 3.05) is 6.54 Å². The van der Waals surface area contributed by atoms with Crippen molar-refractivity contribution in [3.05, 3.63) is 29.3 Å². The Labute approximate surface area is 201 Å². The van der Waals surface area contributed by atoms with Crippen molar-refractivity contribution in [2.24, 2.45) is 5.41 Å². The van der Waals surface area contributed by atoms with Gasteiger partial charge in [0, 0.05) is 24.1 Å². The maximum atomic E-state index is 13.4. The molecular formula is C24H29F3N4O4. The average molecular weight is 495 g/mol. The largest absolute Gasteiger partial charge is 0.573 e. The van der Waals surface area contributed by atoms with Crippen LogP contribution in [0.5, 0.6) is 5.75 Å². The third-order valence-electron chi connectivity index (χ3n) is 6.34. The van der Waals surface area contributed by atoms with E-state index in [4.69, 9.17) is 5.26 Å². The van der Waals surface area contributed by atoms with E-state index in [9.17, 15) is 27.6 Å². The van der Waals surface area contributed by atoms with Gasteiger partial charge in [-0.05, 0) is 44.2 Å². The standard InChI is InChI=1S/C24H29F3N4O4/c1-22(2,3)20(33)30-23(9-5-10-23)21(34)31-11-4-6-17(31)19(32)29-14-16-8-7-15(13-28)12-18(16)35-24(25,26)27/h7-8,12,17H,4-6,9-11,14H2,1-3H3,(H,29,32)(H,30,33)/t17-/m0/s1. The van der Waals surface area contributed by atoms with Crippen molar-refractivity contribution >= 4 is 17.7 Å². The van der Waals surface area contributed by atoms with Crippen molar-refractivity contribution in [2.45, 2.75) is 77.4 Å². The number of carbonyl (C=O) groups is 3. The van der Waals surface area contributed by atoms with E-state index >= 15 is 0 Å². The zero-order valence-corrected chi connectivity index (χ0v) is 19.9. The maximum Gasteiger partial charge on any atom is 0.573 e. The van der Waals surface area contributed by atoms with Gasteiger partial charge in [0.05, 0.1) is 11.6 Å². The molecule has 1 aromatic carbocycles. The van der Waals surface area contributed by atoms with Gasteiger partial charge < -0.3 is 20.3 Å². The van der Waals surface area contributed by atoms with Gasteiger partial charge in [-0.15, -0.1) is 13.2 Å². The third kappa shape index (κ3) is 6.05. The van der Waals surface area contributed by atoms with Crippen LogP contribution < -0.4 is 15.4 Å². The van der Waals surface area contributed by atoms with Crippen LogP contribution in [0.4, 0.5) is 13.2 Å². The van der Waals surface area contributed by atoms with Crippen molar-refractivity contribution in [1.29, 1.82) is 5.26 Å². The lowest BCUT2D eigenvalue weighted by Crippen LogP contribution is -2.66. The molecule has 0 aromatic heterocycles. The molecule has 3 amide bonds. The molecule has 3 rings (SSSR count). The minimum Gasteiger partial charge on any atom is -0.405 e. The van der Waals surface area contributed by atoms with Gasteiger partial charge in [-0.3, -0.25) is 14.4 Å². The Hall–Kier alpha value is -3.29. The fourth-order valence-corrected chi connectivity index (χ4v) is 4.17. The molecule has 1 aliphatic heterocycles. The summed E-state index contributed by atoms with van der Waals surface area (Å²) in [5.41, 5.74) is -1.69. The van der Waals surface area contributed by atoms with Crippen molar-refractivity contribution in [3.8, 4) is 11.8 Å². The van der Waals surface area contributed by atoms with Crippen LogP contribution in [0.15, 0.2) is 18.2 Å². The molecule has 35 heavy (non-hydrogen) atoms. The number of nitriles is 1. The first-order chi connectivity index (χ1) is 16.3. The molecule has 2 aliphatic rings. The summed E-state index contributed by atoms with van der Waals surface area (Å²) in [6, 6.07) is 4.52. The Morgan fingerprint density at radius 2 is 1.89 bits per heavy atom. The van der Waals surface area contributed by atoms with Crippen molar-refractivity contribution < 1.29 is 32.3 Å². The molecule has 11 heteroatoms. The lowest BCUT2D eigenvalue weighted by Gasteiger charge is -2.45. The van der Waals surface area contributed by atoms with E-state index < -0.39 is 35.0 Å². The third-order valence-corrected chi connectivity index (χ3v) is 6.34. The molecule has 0 unspecified atom stereocenters. The zero-order valence-electron chi connectivity index (χ0n) is 19.9. The Morgan fingerprint density at radius 1 is 1.20 bits per heavy atom. The molecule has 2 N–H and O–H groups in total. The number of alkyl halides is 3. The van der Waals surface area contributed by atoms with Crippen molar-refractivity contribution in [1.82, 2.24) is 15.5 Å². The second kappa shape index (κ2) is 9.76. The average Bonchev–Trinajstić information content (AvgIpc) is 3.22. The molecule has 2 fully saturated rings. The fraction of sp³-hybridized carbons (Fsp3) is 0.583.